The molecule has 29 heavy (non-hydrogen) atoms. The Labute approximate surface area is 169 Å². The second kappa shape index (κ2) is 6.81. The molecule has 0 saturated heterocycles. The summed E-state index contributed by atoms with van der Waals surface area (Å²) < 4.78 is 12.2. The third kappa shape index (κ3) is 3.23. The van der Waals surface area contributed by atoms with Gasteiger partial charge in [0.2, 0.25) is 5.71 Å². The van der Waals surface area contributed by atoms with Gasteiger partial charge < -0.3 is 14.5 Å². The molecule has 1 N–H and O–H groups in total. The first kappa shape index (κ1) is 18.1. The summed E-state index contributed by atoms with van der Waals surface area (Å²) in [6.07, 6.45) is 3.31. The average molecular weight is 388 g/mol. The summed E-state index contributed by atoms with van der Waals surface area (Å²) in [5, 5.41) is 4.40. The number of benzene rings is 1. The lowest BCUT2D eigenvalue weighted by Gasteiger charge is -2.32. The van der Waals surface area contributed by atoms with Gasteiger partial charge in [0.05, 0.1) is 17.6 Å². The molecule has 6 heteroatoms. The Bertz CT molecular complexity index is 1200. The molecular weight excluding hydrogens is 364 g/mol. The van der Waals surface area contributed by atoms with Crippen LogP contribution in [0.2, 0.25) is 0 Å². The van der Waals surface area contributed by atoms with Crippen molar-refractivity contribution in [2.45, 2.75) is 45.8 Å². The van der Waals surface area contributed by atoms with Crippen LogP contribution in [-0.2, 0) is 24.2 Å². The van der Waals surface area contributed by atoms with E-state index >= 15 is 0 Å². The Morgan fingerprint density at radius 2 is 1.93 bits per heavy atom. The van der Waals surface area contributed by atoms with E-state index in [1.54, 1.807) is 6.33 Å². The van der Waals surface area contributed by atoms with Crippen LogP contribution in [0.15, 0.2) is 41.1 Å². The van der Waals surface area contributed by atoms with Crippen LogP contribution in [0.1, 0.15) is 36.2 Å². The van der Waals surface area contributed by atoms with E-state index in [1.165, 1.54) is 11.1 Å². The highest BCUT2D eigenvalue weighted by molar-refractivity contribution is 6.06. The smallest absolute Gasteiger partial charge is 0.229 e. The third-order valence-electron chi connectivity index (χ3n) is 5.58. The lowest BCUT2D eigenvalue weighted by Crippen LogP contribution is -2.32. The Kier molecular flexibility index (Phi) is 4.24. The van der Waals surface area contributed by atoms with Gasteiger partial charge in [-0.1, -0.05) is 30.3 Å². The van der Waals surface area contributed by atoms with Gasteiger partial charge in [0, 0.05) is 24.2 Å². The van der Waals surface area contributed by atoms with Crippen molar-refractivity contribution < 1.29 is 9.15 Å². The number of nitrogens with one attached hydrogen (secondary N) is 1. The molecule has 5 rings (SSSR count). The number of pyridine rings is 1. The lowest BCUT2D eigenvalue weighted by atomic mass is 9.89. The number of hydrogen-bond acceptors (Lipinski definition) is 6. The number of nitrogens with zero attached hydrogens (tertiary/aromatic N) is 3. The molecule has 6 nitrogen and oxygen atoms in total. The fourth-order valence-electron chi connectivity index (χ4n) is 4.06. The van der Waals surface area contributed by atoms with E-state index in [0.717, 1.165) is 41.5 Å². The maximum Gasteiger partial charge on any atom is 0.229 e. The minimum atomic E-state index is -0.221. The van der Waals surface area contributed by atoms with Gasteiger partial charge in [-0.3, -0.25) is 0 Å². The minimum absolute atomic E-state index is 0.221. The Balaban J connectivity index is 1.55. The highest BCUT2D eigenvalue weighted by atomic mass is 16.5. The maximum atomic E-state index is 6.16. The molecule has 4 aromatic rings. The molecule has 148 valence electrons. The van der Waals surface area contributed by atoms with E-state index in [9.17, 15) is 0 Å². The predicted molar refractivity (Wildman–Crippen MR) is 113 cm³/mol. The fourth-order valence-corrected chi connectivity index (χ4v) is 4.06. The fraction of sp³-hybridized carbons (Fsp3) is 0.348. The molecule has 1 aliphatic heterocycles. The topological polar surface area (TPSA) is 73.1 Å². The normalized spacial score (nSPS) is 15.6. The SMILES string of the molecule is Cc1nc2oc3c(NCCc4ccccc4)ncnc3c2c2c1COC(C)(C)C2. The van der Waals surface area contributed by atoms with Crippen LogP contribution in [-0.4, -0.2) is 27.1 Å². The van der Waals surface area contributed by atoms with Crippen molar-refractivity contribution in [3.8, 4) is 0 Å². The van der Waals surface area contributed by atoms with E-state index in [2.05, 4.69) is 53.4 Å². The van der Waals surface area contributed by atoms with Crippen LogP contribution in [0.5, 0.6) is 0 Å². The number of rotatable bonds is 4. The predicted octanol–water partition coefficient (Wildman–Crippen LogP) is 4.59. The molecule has 0 aliphatic carbocycles. The van der Waals surface area contributed by atoms with Crippen molar-refractivity contribution in [3.05, 3.63) is 59.0 Å². The summed E-state index contributed by atoms with van der Waals surface area (Å²) in [6.45, 7) is 7.57. The zero-order chi connectivity index (χ0) is 20.0. The standard InChI is InChI=1S/C23H24N4O2/c1-14-17-12-28-23(2,3)11-16(17)18-19-20(29-22(18)27-14)21(26-13-25-19)24-10-9-15-7-5-4-6-8-15/h4-8,13H,9-12H2,1-3H3,(H,24,25,26). The lowest BCUT2D eigenvalue weighted by molar-refractivity contribution is -0.0400. The van der Waals surface area contributed by atoms with E-state index in [4.69, 9.17) is 14.1 Å². The molecule has 0 atom stereocenters. The van der Waals surface area contributed by atoms with Crippen LogP contribution in [0.3, 0.4) is 0 Å². The molecule has 1 aromatic carbocycles. The summed E-state index contributed by atoms with van der Waals surface area (Å²) in [4.78, 5) is 13.7. The molecule has 1 aliphatic rings. The molecule has 3 aromatic heterocycles. The van der Waals surface area contributed by atoms with Gasteiger partial charge in [-0.2, -0.15) is 0 Å². The molecule has 4 heterocycles. The first-order chi connectivity index (χ1) is 14.0. The maximum absolute atomic E-state index is 6.16. The molecule has 0 fully saturated rings. The number of aryl methyl sites for hydroxylation is 1. The van der Waals surface area contributed by atoms with Gasteiger partial charge in [0.15, 0.2) is 11.4 Å². The third-order valence-corrected chi connectivity index (χ3v) is 5.58. The number of ether oxygens (including phenoxy) is 1. The van der Waals surface area contributed by atoms with E-state index < -0.39 is 0 Å². The number of anilines is 1. The zero-order valence-electron chi connectivity index (χ0n) is 17.0. The van der Waals surface area contributed by atoms with Crippen LogP contribution in [0.4, 0.5) is 5.82 Å². The minimum Gasteiger partial charge on any atom is -0.432 e. The summed E-state index contributed by atoms with van der Waals surface area (Å²) in [5.41, 5.74) is 6.51. The highest BCUT2D eigenvalue weighted by Gasteiger charge is 2.31. The van der Waals surface area contributed by atoms with Crippen LogP contribution in [0.25, 0.3) is 22.2 Å². The molecule has 0 spiro atoms. The van der Waals surface area contributed by atoms with Crippen molar-refractivity contribution in [2.75, 3.05) is 11.9 Å². The second-order valence-corrected chi connectivity index (χ2v) is 8.22. The van der Waals surface area contributed by atoms with Crippen LogP contribution >= 0.6 is 0 Å². The van der Waals surface area contributed by atoms with Crippen LogP contribution < -0.4 is 5.32 Å². The van der Waals surface area contributed by atoms with E-state index in [-0.39, 0.29) is 5.60 Å². The molecular formula is C23H24N4O2. The van der Waals surface area contributed by atoms with Crippen molar-refractivity contribution in [2.24, 2.45) is 0 Å². The van der Waals surface area contributed by atoms with Gasteiger partial charge in [-0.25, -0.2) is 15.0 Å². The molecule has 0 bridgehead atoms. The van der Waals surface area contributed by atoms with Crippen molar-refractivity contribution >= 4 is 28.0 Å². The molecule has 0 amide bonds. The second-order valence-electron chi connectivity index (χ2n) is 8.22. The van der Waals surface area contributed by atoms with Crippen LogP contribution in [0, 0.1) is 6.92 Å². The first-order valence-electron chi connectivity index (χ1n) is 9.99. The molecule has 0 unspecified atom stereocenters. The molecule has 0 radical (unpaired) electrons. The number of fused-ring (bicyclic) bond motifs is 5. The van der Waals surface area contributed by atoms with Gasteiger partial charge in [0.25, 0.3) is 0 Å². The first-order valence-corrected chi connectivity index (χ1v) is 9.99. The summed E-state index contributed by atoms with van der Waals surface area (Å²) in [6, 6.07) is 10.4. The van der Waals surface area contributed by atoms with Crippen molar-refractivity contribution in [1.29, 1.82) is 0 Å². The number of furan rings is 1. The van der Waals surface area contributed by atoms with Gasteiger partial charge in [-0.05, 0) is 38.3 Å². The average Bonchev–Trinajstić information content (AvgIpc) is 3.07. The summed E-state index contributed by atoms with van der Waals surface area (Å²) in [7, 11) is 0. The number of aromatic nitrogens is 3. The zero-order valence-corrected chi connectivity index (χ0v) is 17.0. The quantitative estimate of drug-likeness (QED) is 0.551. The largest absolute Gasteiger partial charge is 0.432 e. The van der Waals surface area contributed by atoms with Gasteiger partial charge in [-0.15, -0.1) is 0 Å². The monoisotopic (exact) mass is 388 g/mol. The van der Waals surface area contributed by atoms with E-state index in [0.29, 0.717) is 23.7 Å². The van der Waals surface area contributed by atoms with E-state index in [1.807, 2.05) is 13.0 Å². The Morgan fingerprint density at radius 1 is 1.10 bits per heavy atom. The Morgan fingerprint density at radius 3 is 2.76 bits per heavy atom. The Hall–Kier alpha value is -2.99. The highest BCUT2D eigenvalue weighted by Crippen LogP contribution is 2.39. The number of hydrogen-bond donors (Lipinski definition) is 1. The van der Waals surface area contributed by atoms with Crippen molar-refractivity contribution in [3.63, 3.8) is 0 Å². The van der Waals surface area contributed by atoms with Gasteiger partial charge in [0.1, 0.15) is 11.8 Å². The molecule has 0 saturated carbocycles. The summed E-state index contributed by atoms with van der Waals surface area (Å²) >= 11 is 0. The summed E-state index contributed by atoms with van der Waals surface area (Å²) in [5.74, 6) is 0.710. The van der Waals surface area contributed by atoms with Gasteiger partial charge >= 0.3 is 0 Å². The van der Waals surface area contributed by atoms with Crippen molar-refractivity contribution in [1.82, 2.24) is 15.0 Å².